The van der Waals surface area contributed by atoms with Crippen molar-refractivity contribution in [2.24, 2.45) is 0 Å². The van der Waals surface area contributed by atoms with E-state index in [4.69, 9.17) is 4.74 Å². The maximum Gasteiger partial charge on any atom is 0.321 e. The maximum absolute atomic E-state index is 12.0. The van der Waals surface area contributed by atoms with Crippen LogP contribution in [0.3, 0.4) is 0 Å². The van der Waals surface area contributed by atoms with E-state index in [1.165, 1.54) is 11.1 Å². The Morgan fingerprint density at radius 2 is 1.57 bits per heavy atom. The lowest BCUT2D eigenvalue weighted by Crippen LogP contribution is -2.32. The van der Waals surface area contributed by atoms with Crippen molar-refractivity contribution in [1.29, 1.82) is 0 Å². The van der Waals surface area contributed by atoms with Crippen LogP contribution in [0.25, 0.3) is 0 Å². The minimum atomic E-state index is -0.274. The van der Waals surface area contributed by atoms with E-state index in [0.29, 0.717) is 0 Å². The van der Waals surface area contributed by atoms with Crippen molar-refractivity contribution in [1.82, 2.24) is 5.32 Å². The molecule has 0 atom stereocenters. The smallest absolute Gasteiger partial charge is 0.321 e. The van der Waals surface area contributed by atoms with Crippen molar-refractivity contribution in [3.8, 4) is 5.75 Å². The van der Waals surface area contributed by atoms with E-state index in [2.05, 4.69) is 17.6 Å². The first-order chi connectivity index (χ1) is 10.9. The number of hydrogen-bond acceptors (Lipinski definition) is 2. The SMILES string of the molecule is Cc1cc(C)c(NC(=O)NCOc2ccc(C)c(C)c2)c(C)c1. The van der Waals surface area contributed by atoms with Gasteiger partial charge in [-0.3, -0.25) is 0 Å². The topological polar surface area (TPSA) is 50.4 Å². The number of urea groups is 1. The molecule has 4 heteroatoms. The van der Waals surface area contributed by atoms with Crippen molar-refractivity contribution < 1.29 is 9.53 Å². The predicted molar refractivity (Wildman–Crippen MR) is 94.2 cm³/mol. The molecule has 0 radical (unpaired) electrons. The average molecular weight is 312 g/mol. The molecule has 2 N–H and O–H groups in total. The van der Waals surface area contributed by atoms with Crippen LogP contribution in [-0.2, 0) is 0 Å². The van der Waals surface area contributed by atoms with Gasteiger partial charge in [0.05, 0.1) is 0 Å². The Labute approximate surface area is 137 Å². The van der Waals surface area contributed by atoms with E-state index in [1.54, 1.807) is 0 Å². The zero-order valence-corrected chi connectivity index (χ0v) is 14.4. The molecule has 0 spiro atoms. The molecule has 2 aromatic rings. The first-order valence-corrected chi connectivity index (χ1v) is 7.69. The van der Waals surface area contributed by atoms with Crippen LogP contribution in [0.1, 0.15) is 27.8 Å². The van der Waals surface area contributed by atoms with E-state index in [9.17, 15) is 4.79 Å². The van der Waals surface area contributed by atoms with Crippen molar-refractivity contribution in [3.63, 3.8) is 0 Å². The third kappa shape index (κ3) is 4.49. The predicted octanol–water partition coefficient (Wildman–Crippen LogP) is 4.39. The van der Waals surface area contributed by atoms with Crippen LogP contribution in [0.2, 0.25) is 0 Å². The number of carbonyl (C=O) groups excluding carboxylic acids is 1. The monoisotopic (exact) mass is 312 g/mol. The summed E-state index contributed by atoms with van der Waals surface area (Å²) in [5.74, 6) is 0.746. The lowest BCUT2D eigenvalue weighted by Gasteiger charge is -2.14. The zero-order chi connectivity index (χ0) is 17.0. The van der Waals surface area contributed by atoms with Crippen molar-refractivity contribution in [3.05, 3.63) is 58.1 Å². The van der Waals surface area contributed by atoms with E-state index < -0.39 is 0 Å². The number of nitrogens with one attached hydrogen (secondary N) is 2. The highest BCUT2D eigenvalue weighted by molar-refractivity contribution is 5.91. The van der Waals surface area contributed by atoms with Gasteiger partial charge in [-0.15, -0.1) is 0 Å². The van der Waals surface area contributed by atoms with E-state index in [0.717, 1.165) is 28.1 Å². The largest absolute Gasteiger partial charge is 0.473 e. The summed E-state index contributed by atoms with van der Waals surface area (Å²) in [6.07, 6.45) is 0. The fourth-order valence-electron chi connectivity index (χ4n) is 2.52. The van der Waals surface area contributed by atoms with Gasteiger partial charge in [0.2, 0.25) is 0 Å². The third-order valence-electron chi connectivity index (χ3n) is 3.87. The van der Waals surface area contributed by atoms with Crippen LogP contribution in [-0.4, -0.2) is 12.8 Å². The van der Waals surface area contributed by atoms with Crippen LogP contribution < -0.4 is 15.4 Å². The number of anilines is 1. The Kier molecular flexibility index (Phi) is 5.27. The van der Waals surface area contributed by atoms with Gasteiger partial charge in [-0.1, -0.05) is 23.8 Å². The van der Waals surface area contributed by atoms with Gasteiger partial charge in [-0.2, -0.15) is 0 Å². The van der Waals surface area contributed by atoms with Gasteiger partial charge in [0.1, 0.15) is 5.75 Å². The van der Waals surface area contributed by atoms with Crippen molar-refractivity contribution in [2.75, 3.05) is 12.0 Å². The van der Waals surface area contributed by atoms with Gasteiger partial charge in [0.15, 0.2) is 6.73 Å². The molecule has 122 valence electrons. The average Bonchev–Trinajstić information content (AvgIpc) is 2.46. The second kappa shape index (κ2) is 7.18. The minimum Gasteiger partial charge on any atom is -0.473 e. The first kappa shape index (κ1) is 16.9. The van der Waals surface area contributed by atoms with Crippen LogP contribution in [0.5, 0.6) is 5.75 Å². The molecule has 0 saturated carbocycles. The number of aryl methyl sites for hydroxylation is 5. The van der Waals surface area contributed by atoms with Crippen LogP contribution in [0, 0.1) is 34.6 Å². The van der Waals surface area contributed by atoms with Gasteiger partial charge < -0.3 is 15.4 Å². The summed E-state index contributed by atoms with van der Waals surface area (Å²) < 4.78 is 5.56. The van der Waals surface area contributed by atoms with Gasteiger partial charge in [0.25, 0.3) is 0 Å². The van der Waals surface area contributed by atoms with Crippen LogP contribution in [0.4, 0.5) is 10.5 Å². The summed E-state index contributed by atoms with van der Waals surface area (Å²) in [6.45, 7) is 10.2. The van der Waals surface area contributed by atoms with Crippen molar-refractivity contribution in [2.45, 2.75) is 34.6 Å². The molecule has 4 nitrogen and oxygen atoms in total. The second-order valence-corrected chi connectivity index (χ2v) is 5.94. The number of rotatable bonds is 4. The number of benzene rings is 2. The van der Waals surface area contributed by atoms with Gasteiger partial charge in [-0.05, 0) is 69.0 Å². The molecule has 2 amide bonds. The first-order valence-electron chi connectivity index (χ1n) is 7.69. The standard InChI is InChI=1S/C19H24N2O2/c1-12-8-15(4)18(16(5)9-12)21-19(22)20-11-23-17-7-6-13(2)14(3)10-17/h6-10H,11H2,1-5H3,(H2,20,21,22). The minimum absolute atomic E-state index is 0.123. The fourth-order valence-corrected chi connectivity index (χ4v) is 2.52. The molecule has 0 heterocycles. The Bertz CT molecular complexity index is 700. The third-order valence-corrected chi connectivity index (χ3v) is 3.87. The van der Waals surface area contributed by atoms with Gasteiger partial charge >= 0.3 is 6.03 Å². The molecule has 0 aliphatic carbocycles. The van der Waals surface area contributed by atoms with Crippen LogP contribution >= 0.6 is 0 Å². The Morgan fingerprint density at radius 1 is 0.913 bits per heavy atom. The van der Waals surface area contributed by atoms with Crippen molar-refractivity contribution >= 4 is 11.7 Å². The van der Waals surface area contributed by atoms with E-state index in [-0.39, 0.29) is 12.8 Å². The Balaban J connectivity index is 1.89. The fraction of sp³-hybridized carbons (Fsp3) is 0.316. The lowest BCUT2D eigenvalue weighted by molar-refractivity contribution is 0.234. The quantitative estimate of drug-likeness (QED) is 0.823. The molecule has 0 aliphatic rings. The van der Waals surface area contributed by atoms with E-state index >= 15 is 0 Å². The molecule has 23 heavy (non-hydrogen) atoms. The Hall–Kier alpha value is -2.49. The molecule has 0 aliphatic heterocycles. The normalized spacial score (nSPS) is 10.3. The highest BCUT2D eigenvalue weighted by Crippen LogP contribution is 2.21. The highest BCUT2D eigenvalue weighted by atomic mass is 16.5. The molecule has 0 unspecified atom stereocenters. The number of hydrogen-bond donors (Lipinski definition) is 2. The number of amides is 2. The van der Waals surface area contributed by atoms with Gasteiger partial charge in [-0.25, -0.2) is 4.79 Å². The summed E-state index contributed by atoms with van der Waals surface area (Å²) in [6, 6.07) is 9.69. The summed E-state index contributed by atoms with van der Waals surface area (Å²) in [4.78, 5) is 12.0. The summed E-state index contributed by atoms with van der Waals surface area (Å²) in [5.41, 5.74) is 6.51. The highest BCUT2D eigenvalue weighted by Gasteiger charge is 2.08. The summed E-state index contributed by atoms with van der Waals surface area (Å²) in [5, 5.41) is 5.59. The van der Waals surface area contributed by atoms with E-state index in [1.807, 2.05) is 58.0 Å². The number of ether oxygens (including phenoxy) is 1. The maximum atomic E-state index is 12.0. The molecule has 0 fully saturated rings. The Morgan fingerprint density at radius 3 is 2.17 bits per heavy atom. The summed E-state index contributed by atoms with van der Waals surface area (Å²) >= 11 is 0. The molecule has 0 saturated heterocycles. The molecule has 2 aromatic carbocycles. The summed E-state index contributed by atoms with van der Waals surface area (Å²) in [7, 11) is 0. The number of carbonyl (C=O) groups is 1. The zero-order valence-electron chi connectivity index (χ0n) is 14.4. The molecule has 2 rings (SSSR count). The molecular formula is C19H24N2O2. The lowest BCUT2D eigenvalue weighted by atomic mass is 10.1. The molecular weight excluding hydrogens is 288 g/mol. The van der Waals surface area contributed by atoms with Gasteiger partial charge in [0, 0.05) is 5.69 Å². The molecule has 0 bridgehead atoms. The van der Waals surface area contributed by atoms with Crippen LogP contribution in [0.15, 0.2) is 30.3 Å². The molecule has 0 aromatic heterocycles. The second-order valence-electron chi connectivity index (χ2n) is 5.94.